The molecule has 0 bridgehead atoms. The lowest BCUT2D eigenvalue weighted by Crippen LogP contribution is -2.37. The lowest BCUT2D eigenvalue weighted by atomic mass is 10.2. The fourth-order valence-corrected chi connectivity index (χ4v) is 1.65. The van der Waals surface area contributed by atoms with Gasteiger partial charge in [-0.2, -0.15) is 0 Å². The molecule has 0 saturated carbocycles. The first-order chi connectivity index (χ1) is 7.74. The van der Waals surface area contributed by atoms with Gasteiger partial charge in [0.2, 0.25) is 0 Å². The Labute approximate surface area is 95.9 Å². The van der Waals surface area contributed by atoms with Crippen LogP contribution in [0.3, 0.4) is 0 Å². The van der Waals surface area contributed by atoms with E-state index in [9.17, 15) is 9.59 Å². The Morgan fingerprint density at radius 1 is 1.44 bits per heavy atom. The van der Waals surface area contributed by atoms with Crippen molar-refractivity contribution in [3.8, 4) is 0 Å². The van der Waals surface area contributed by atoms with E-state index in [1.165, 1.54) is 0 Å². The molecule has 0 radical (unpaired) electrons. The van der Waals surface area contributed by atoms with Gasteiger partial charge in [-0.15, -0.1) is 0 Å². The molecule has 5 nitrogen and oxygen atoms in total. The summed E-state index contributed by atoms with van der Waals surface area (Å²) in [5, 5.41) is 5.55. The second-order valence-electron chi connectivity index (χ2n) is 3.99. The number of nitrogens with one attached hydrogen (secondary N) is 2. The summed E-state index contributed by atoms with van der Waals surface area (Å²) in [7, 11) is 0. The molecule has 0 aliphatic carbocycles. The monoisotopic (exact) mass is 228 g/mol. The van der Waals surface area contributed by atoms with E-state index in [1.807, 2.05) is 0 Å². The molecule has 0 aromatic heterocycles. The predicted molar refractivity (Wildman–Crippen MR) is 60.0 cm³/mol. The van der Waals surface area contributed by atoms with E-state index >= 15 is 0 Å². The van der Waals surface area contributed by atoms with Crippen molar-refractivity contribution in [1.29, 1.82) is 0 Å². The van der Waals surface area contributed by atoms with Crippen LogP contribution in [0.15, 0.2) is 0 Å². The summed E-state index contributed by atoms with van der Waals surface area (Å²) in [6, 6.07) is -0.304. The zero-order chi connectivity index (χ0) is 11.8. The second-order valence-corrected chi connectivity index (χ2v) is 3.99. The van der Waals surface area contributed by atoms with E-state index in [2.05, 4.69) is 22.3 Å². The second kappa shape index (κ2) is 7.22. The molecule has 5 heteroatoms. The van der Waals surface area contributed by atoms with Crippen molar-refractivity contribution in [1.82, 2.24) is 10.6 Å². The molecule has 1 fully saturated rings. The molecule has 0 aromatic carbocycles. The van der Waals surface area contributed by atoms with Gasteiger partial charge in [-0.3, -0.25) is 0 Å². The van der Waals surface area contributed by atoms with E-state index in [0.717, 1.165) is 38.6 Å². The van der Waals surface area contributed by atoms with E-state index < -0.39 is 12.1 Å². The number of amides is 1. The molecule has 1 aliphatic heterocycles. The molecule has 1 heterocycles. The molecular weight excluding hydrogens is 208 g/mol. The third kappa shape index (κ3) is 4.61. The van der Waals surface area contributed by atoms with Crippen molar-refractivity contribution in [2.45, 2.75) is 45.1 Å². The zero-order valence-electron chi connectivity index (χ0n) is 9.75. The van der Waals surface area contributed by atoms with Crippen LogP contribution in [-0.2, 0) is 9.53 Å². The van der Waals surface area contributed by atoms with Crippen molar-refractivity contribution in [3.05, 3.63) is 0 Å². The number of ether oxygens (including phenoxy) is 1. The van der Waals surface area contributed by atoms with Crippen molar-refractivity contribution >= 4 is 12.1 Å². The molecule has 0 spiro atoms. The van der Waals surface area contributed by atoms with Gasteiger partial charge >= 0.3 is 12.1 Å². The molecule has 2 N–H and O–H groups in total. The van der Waals surface area contributed by atoms with E-state index in [1.54, 1.807) is 0 Å². The summed E-state index contributed by atoms with van der Waals surface area (Å²) in [5.41, 5.74) is 0. The van der Waals surface area contributed by atoms with Gasteiger partial charge in [-0.05, 0) is 25.8 Å². The lowest BCUT2D eigenvalue weighted by molar-refractivity contribution is -0.139. The first-order valence-electron chi connectivity index (χ1n) is 5.97. The summed E-state index contributed by atoms with van der Waals surface area (Å²) in [6.07, 6.45) is 4.16. The normalized spacial score (nSPS) is 19.4. The standard InChI is InChI=1S/C11H20N2O3/c1-2-3-4-7-13-11(15)16-10(14)9-6-5-8-12-9/h9,12H,2-8H2,1H3,(H,13,15)/t9-/m0/s1. The number of rotatable bonds is 5. The van der Waals surface area contributed by atoms with Crippen molar-refractivity contribution in [2.24, 2.45) is 0 Å². The Hall–Kier alpha value is -1.10. The maximum atomic E-state index is 11.4. The summed E-state index contributed by atoms with van der Waals surface area (Å²) in [6.45, 7) is 3.48. The molecule has 1 saturated heterocycles. The number of alkyl carbamates (subject to hydrolysis) is 1. The fraction of sp³-hybridized carbons (Fsp3) is 0.818. The van der Waals surface area contributed by atoms with Crippen LogP contribution >= 0.6 is 0 Å². The van der Waals surface area contributed by atoms with Crippen molar-refractivity contribution < 1.29 is 14.3 Å². The number of unbranched alkanes of at least 4 members (excludes halogenated alkanes) is 2. The van der Waals surface area contributed by atoms with Crippen LogP contribution < -0.4 is 10.6 Å². The first kappa shape index (κ1) is 13.0. The Balaban J connectivity index is 2.10. The largest absolute Gasteiger partial charge is 0.414 e. The SMILES string of the molecule is CCCCCNC(=O)OC(=O)[C@@H]1CCCN1. The van der Waals surface area contributed by atoms with Crippen LogP contribution in [0.25, 0.3) is 0 Å². The molecule has 1 amide bonds. The molecular formula is C11H20N2O3. The first-order valence-corrected chi connectivity index (χ1v) is 5.97. The number of hydrogen-bond acceptors (Lipinski definition) is 4. The number of carbonyl (C=O) groups is 2. The summed E-state index contributed by atoms with van der Waals surface area (Å²) < 4.78 is 4.66. The van der Waals surface area contributed by atoms with E-state index in [4.69, 9.17) is 0 Å². The highest BCUT2D eigenvalue weighted by molar-refractivity contribution is 5.87. The number of esters is 1. The predicted octanol–water partition coefficient (Wildman–Crippen LogP) is 1.18. The van der Waals surface area contributed by atoms with Gasteiger partial charge in [0.15, 0.2) is 0 Å². The van der Waals surface area contributed by atoms with Crippen LogP contribution in [0.1, 0.15) is 39.0 Å². The van der Waals surface area contributed by atoms with Gasteiger partial charge in [0.05, 0.1) is 0 Å². The average Bonchev–Trinajstić information content (AvgIpc) is 2.77. The highest BCUT2D eigenvalue weighted by Crippen LogP contribution is 2.06. The topological polar surface area (TPSA) is 67.4 Å². The lowest BCUT2D eigenvalue weighted by Gasteiger charge is -2.09. The van der Waals surface area contributed by atoms with Gasteiger partial charge in [0, 0.05) is 6.54 Å². The quantitative estimate of drug-likeness (QED) is 0.421. The maximum Gasteiger partial charge on any atom is 0.414 e. The van der Waals surface area contributed by atoms with Crippen LogP contribution in [0.4, 0.5) is 4.79 Å². The van der Waals surface area contributed by atoms with E-state index in [0.29, 0.717) is 6.54 Å². The molecule has 92 valence electrons. The van der Waals surface area contributed by atoms with Crippen LogP contribution in [-0.4, -0.2) is 31.2 Å². The van der Waals surface area contributed by atoms with Crippen LogP contribution in [0, 0.1) is 0 Å². The van der Waals surface area contributed by atoms with E-state index in [-0.39, 0.29) is 6.04 Å². The molecule has 0 unspecified atom stereocenters. The maximum absolute atomic E-state index is 11.4. The van der Waals surface area contributed by atoms with Gasteiger partial charge in [-0.1, -0.05) is 19.8 Å². The molecule has 1 atom stereocenters. The minimum absolute atomic E-state index is 0.304. The molecule has 1 rings (SSSR count). The minimum Gasteiger partial charge on any atom is -0.375 e. The van der Waals surface area contributed by atoms with Crippen LogP contribution in [0.2, 0.25) is 0 Å². The van der Waals surface area contributed by atoms with Crippen LogP contribution in [0.5, 0.6) is 0 Å². The third-order valence-electron chi connectivity index (χ3n) is 2.59. The molecule has 0 aromatic rings. The summed E-state index contributed by atoms with van der Waals surface area (Å²) in [5.74, 6) is -0.467. The van der Waals surface area contributed by atoms with Gasteiger partial charge < -0.3 is 15.4 Å². The Morgan fingerprint density at radius 2 is 2.25 bits per heavy atom. The minimum atomic E-state index is -0.630. The molecule has 16 heavy (non-hydrogen) atoms. The summed E-state index contributed by atoms with van der Waals surface area (Å²) >= 11 is 0. The van der Waals surface area contributed by atoms with Crippen molar-refractivity contribution in [2.75, 3.05) is 13.1 Å². The molecule has 1 aliphatic rings. The zero-order valence-corrected chi connectivity index (χ0v) is 9.75. The third-order valence-corrected chi connectivity index (χ3v) is 2.59. The van der Waals surface area contributed by atoms with Gasteiger partial charge in [-0.25, -0.2) is 9.59 Å². The number of hydrogen-bond donors (Lipinski definition) is 2. The highest BCUT2D eigenvalue weighted by Gasteiger charge is 2.25. The smallest absolute Gasteiger partial charge is 0.375 e. The fourth-order valence-electron chi connectivity index (χ4n) is 1.65. The Bertz CT molecular complexity index is 237. The average molecular weight is 228 g/mol. The number of carbonyl (C=O) groups excluding carboxylic acids is 2. The van der Waals surface area contributed by atoms with Gasteiger partial charge in [0.1, 0.15) is 6.04 Å². The van der Waals surface area contributed by atoms with Gasteiger partial charge in [0.25, 0.3) is 0 Å². The Morgan fingerprint density at radius 3 is 2.88 bits per heavy atom. The Kier molecular flexibility index (Phi) is 5.85. The summed E-state index contributed by atoms with van der Waals surface area (Å²) in [4.78, 5) is 22.6. The van der Waals surface area contributed by atoms with Crippen molar-refractivity contribution in [3.63, 3.8) is 0 Å². The highest BCUT2D eigenvalue weighted by atomic mass is 16.6.